The maximum Gasteiger partial charge on any atom is 0.146 e. The quantitative estimate of drug-likeness (QED) is 0.793. The molecule has 1 aromatic carbocycles. The van der Waals surface area contributed by atoms with Crippen LogP contribution in [0.4, 0.5) is 10.1 Å². The van der Waals surface area contributed by atoms with Gasteiger partial charge < -0.3 is 10.6 Å². The van der Waals surface area contributed by atoms with Gasteiger partial charge in [-0.05, 0) is 28.6 Å². The monoisotopic (exact) mass is 234 g/mol. The summed E-state index contributed by atoms with van der Waals surface area (Å²) < 4.78 is 15.1. The summed E-state index contributed by atoms with van der Waals surface area (Å²) >= 11 is 0. The fourth-order valence-corrected chi connectivity index (χ4v) is 1.66. The highest BCUT2D eigenvalue weighted by Gasteiger charge is 2.17. The molecule has 0 bridgehead atoms. The van der Waals surface area contributed by atoms with E-state index in [2.05, 4.69) is 26.2 Å². The Morgan fingerprint density at radius 1 is 1.41 bits per heavy atom. The zero-order valence-corrected chi connectivity index (χ0v) is 8.97. The van der Waals surface area contributed by atoms with E-state index in [0.29, 0.717) is 5.69 Å². The largest absolute Gasteiger partial charge is 0.377 e. The van der Waals surface area contributed by atoms with Gasteiger partial charge in [-0.25, -0.2) is 9.07 Å². The van der Waals surface area contributed by atoms with Gasteiger partial charge in [0.15, 0.2) is 0 Å². The molecule has 1 fully saturated rings. The summed E-state index contributed by atoms with van der Waals surface area (Å²) in [4.78, 5) is 0. The lowest BCUT2D eigenvalue weighted by atomic mass is 10.1. The number of benzene rings is 1. The summed E-state index contributed by atoms with van der Waals surface area (Å²) in [5.41, 5.74) is 1.20. The molecule has 0 saturated carbocycles. The molecule has 2 heterocycles. The van der Waals surface area contributed by atoms with Crippen molar-refractivity contribution in [2.45, 2.75) is 6.04 Å². The fraction of sp³-hybridized carbons (Fsp3) is 0.300. The Morgan fingerprint density at radius 2 is 2.29 bits per heavy atom. The van der Waals surface area contributed by atoms with E-state index in [0.717, 1.165) is 18.8 Å². The van der Waals surface area contributed by atoms with Crippen molar-refractivity contribution >= 4 is 5.69 Å². The standard InChI is InChI=1S/C10H11FN6/c11-9-2-1-8(17-6-13-15-16-17)3-10(9)14-7-4-12-5-7/h1-3,6-7,12,14H,4-5H2. The Morgan fingerprint density at radius 3 is 2.94 bits per heavy atom. The smallest absolute Gasteiger partial charge is 0.146 e. The average molecular weight is 234 g/mol. The minimum Gasteiger partial charge on any atom is -0.377 e. The first kappa shape index (κ1) is 10.2. The number of aromatic nitrogens is 4. The van der Waals surface area contributed by atoms with Crippen molar-refractivity contribution in [3.05, 3.63) is 30.3 Å². The van der Waals surface area contributed by atoms with E-state index in [1.165, 1.54) is 17.1 Å². The number of halogens is 1. The zero-order chi connectivity index (χ0) is 11.7. The molecule has 0 amide bonds. The van der Waals surface area contributed by atoms with Crippen LogP contribution in [0.5, 0.6) is 0 Å². The normalized spacial score (nSPS) is 15.6. The Bertz CT molecular complexity index is 508. The van der Waals surface area contributed by atoms with Gasteiger partial charge >= 0.3 is 0 Å². The number of nitrogens with one attached hydrogen (secondary N) is 2. The first-order valence-corrected chi connectivity index (χ1v) is 5.33. The SMILES string of the molecule is Fc1ccc(-n2cnnn2)cc1NC1CNC1. The molecule has 2 N–H and O–H groups in total. The van der Waals surface area contributed by atoms with Gasteiger partial charge in [-0.3, -0.25) is 0 Å². The third-order valence-electron chi connectivity index (χ3n) is 2.70. The summed E-state index contributed by atoms with van der Waals surface area (Å²) in [5.74, 6) is -0.270. The van der Waals surface area contributed by atoms with Crippen molar-refractivity contribution in [1.82, 2.24) is 25.5 Å². The van der Waals surface area contributed by atoms with Crippen molar-refractivity contribution < 1.29 is 4.39 Å². The molecule has 1 saturated heterocycles. The maximum atomic E-state index is 13.6. The van der Waals surface area contributed by atoms with Crippen molar-refractivity contribution in [3.63, 3.8) is 0 Å². The summed E-state index contributed by atoms with van der Waals surface area (Å²) in [6, 6.07) is 5.03. The highest BCUT2D eigenvalue weighted by molar-refractivity contribution is 5.53. The van der Waals surface area contributed by atoms with E-state index in [1.807, 2.05) is 0 Å². The van der Waals surface area contributed by atoms with Gasteiger partial charge in [0, 0.05) is 13.1 Å². The molecular formula is C10H11FN6. The lowest BCUT2D eigenvalue weighted by Crippen LogP contribution is -2.51. The molecule has 0 unspecified atom stereocenters. The summed E-state index contributed by atoms with van der Waals surface area (Å²) in [5, 5.41) is 17.1. The average Bonchev–Trinajstić information content (AvgIpc) is 2.79. The predicted molar refractivity (Wildman–Crippen MR) is 59.4 cm³/mol. The van der Waals surface area contributed by atoms with Crippen LogP contribution < -0.4 is 10.6 Å². The molecule has 0 radical (unpaired) electrons. The Kier molecular flexibility index (Phi) is 2.45. The topological polar surface area (TPSA) is 67.7 Å². The van der Waals surface area contributed by atoms with Crippen molar-refractivity contribution in [2.75, 3.05) is 18.4 Å². The van der Waals surface area contributed by atoms with Crippen molar-refractivity contribution in [3.8, 4) is 5.69 Å². The van der Waals surface area contributed by atoms with Gasteiger partial charge in [0.1, 0.15) is 12.1 Å². The molecule has 0 aliphatic carbocycles. The summed E-state index contributed by atoms with van der Waals surface area (Å²) in [7, 11) is 0. The second-order valence-corrected chi connectivity index (χ2v) is 3.92. The molecule has 1 aliphatic heterocycles. The van der Waals surface area contributed by atoms with E-state index in [1.54, 1.807) is 12.1 Å². The molecule has 6 nitrogen and oxygen atoms in total. The molecule has 0 atom stereocenters. The minimum absolute atomic E-state index is 0.270. The lowest BCUT2D eigenvalue weighted by molar-refractivity contribution is 0.469. The van der Waals surface area contributed by atoms with E-state index < -0.39 is 0 Å². The van der Waals surface area contributed by atoms with Gasteiger partial charge in [-0.1, -0.05) is 0 Å². The third-order valence-corrected chi connectivity index (χ3v) is 2.70. The number of rotatable bonds is 3. The first-order valence-electron chi connectivity index (χ1n) is 5.33. The number of tetrazole rings is 1. The number of hydrogen-bond donors (Lipinski definition) is 2. The maximum absolute atomic E-state index is 13.6. The van der Waals surface area contributed by atoms with E-state index in [4.69, 9.17) is 0 Å². The van der Waals surface area contributed by atoms with Gasteiger partial charge in [-0.2, -0.15) is 0 Å². The zero-order valence-electron chi connectivity index (χ0n) is 8.97. The third kappa shape index (κ3) is 1.96. The molecule has 2 aromatic rings. The van der Waals surface area contributed by atoms with E-state index in [9.17, 15) is 4.39 Å². The second-order valence-electron chi connectivity index (χ2n) is 3.92. The fourth-order valence-electron chi connectivity index (χ4n) is 1.66. The molecule has 1 aromatic heterocycles. The van der Waals surface area contributed by atoms with E-state index >= 15 is 0 Å². The van der Waals surface area contributed by atoms with Crippen LogP contribution >= 0.6 is 0 Å². The van der Waals surface area contributed by atoms with Crippen molar-refractivity contribution in [2.24, 2.45) is 0 Å². The van der Waals surface area contributed by atoms with Gasteiger partial charge in [0.2, 0.25) is 0 Å². The molecule has 1 aliphatic rings. The molecular weight excluding hydrogens is 223 g/mol. The van der Waals surface area contributed by atoms with Crippen LogP contribution in [0.1, 0.15) is 0 Å². The second kappa shape index (κ2) is 4.10. The summed E-state index contributed by atoms with van der Waals surface area (Å²) in [6.07, 6.45) is 1.47. The van der Waals surface area contributed by atoms with E-state index in [-0.39, 0.29) is 11.9 Å². The highest BCUT2D eigenvalue weighted by Crippen LogP contribution is 2.19. The highest BCUT2D eigenvalue weighted by atomic mass is 19.1. The lowest BCUT2D eigenvalue weighted by Gasteiger charge is -2.29. The summed E-state index contributed by atoms with van der Waals surface area (Å²) in [6.45, 7) is 1.71. The molecule has 3 rings (SSSR count). The van der Waals surface area contributed by atoms with Gasteiger partial charge in [0.05, 0.1) is 17.4 Å². The van der Waals surface area contributed by atoms with Gasteiger partial charge in [-0.15, -0.1) is 5.10 Å². The minimum atomic E-state index is -0.270. The van der Waals surface area contributed by atoms with Crippen LogP contribution in [-0.4, -0.2) is 39.3 Å². The molecule has 7 heteroatoms. The van der Waals surface area contributed by atoms with Crippen LogP contribution in [0, 0.1) is 5.82 Å². The van der Waals surface area contributed by atoms with Crippen molar-refractivity contribution in [1.29, 1.82) is 0 Å². The molecule has 0 spiro atoms. The van der Waals surface area contributed by atoms with Crippen LogP contribution in [0.2, 0.25) is 0 Å². The van der Waals surface area contributed by atoms with Crippen LogP contribution in [0.3, 0.4) is 0 Å². The molecule has 17 heavy (non-hydrogen) atoms. The van der Waals surface area contributed by atoms with Crippen LogP contribution in [0.25, 0.3) is 5.69 Å². The predicted octanol–water partition coefficient (Wildman–Crippen LogP) is 0.185. The number of nitrogens with zero attached hydrogens (tertiary/aromatic N) is 4. The van der Waals surface area contributed by atoms with Crippen LogP contribution in [-0.2, 0) is 0 Å². The Hall–Kier alpha value is -2.02. The van der Waals surface area contributed by atoms with Crippen LogP contribution in [0.15, 0.2) is 24.5 Å². The Balaban J connectivity index is 1.89. The van der Waals surface area contributed by atoms with Gasteiger partial charge in [0.25, 0.3) is 0 Å². The number of hydrogen-bond acceptors (Lipinski definition) is 5. The first-order chi connectivity index (χ1) is 8.33. The Labute approximate surface area is 96.8 Å². The molecule has 88 valence electrons. The number of anilines is 1.